The highest BCUT2D eigenvalue weighted by molar-refractivity contribution is 5.94. The molecule has 0 spiro atoms. The van der Waals surface area contributed by atoms with Gasteiger partial charge >= 0.3 is 0 Å². The maximum Gasteiger partial charge on any atom is 0.251 e. The van der Waals surface area contributed by atoms with Gasteiger partial charge in [0.05, 0.1) is 18.8 Å². The van der Waals surface area contributed by atoms with Crippen LogP contribution in [0.4, 0.5) is 5.82 Å². The molecule has 3 heterocycles. The van der Waals surface area contributed by atoms with Gasteiger partial charge in [0.1, 0.15) is 5.82 Å². The third-order valence-corrected chi connectivity index (χ3v) is 5.48. The van der Waals surface area contributed by atoms with Crippen LogP contribution >= 0.6 is 0 Å². The molecule has 4 rings (SSSR count). The lowest BCUT2D eigenvalue weighted by Crippen LogP contribution is -2.42. The van der Waals surface area contributed by atoms with Crippen LogP contribution in [-0.2, 0) is 17.7 Å². The summed E-state index contributed by atoms with van der Waals surface area (Å²) in [4.78, 5) is 19.0. The Morgan fingerprint density at radius 1 is 1.31 bits per heavy atom. The molecule has 1 fully saturated rings. The largest absolute Gasteiger partial charge is 0.390 e. The van der Waals surface area contributed by atoms with Crippen LogP contribution < -0.4 is 10.6 Å². The monoisotopic (exact) mass is 396 g/mol. The number of nitrogens with one attached hydrogen (secondary N) is 2. The van der Waals surface area contributed by atoms with Crippen LogP contribution in [0.1, 0.15) is 27.9 Å². The average Bonchev–Trinajstić information content (AvgIpc) is 3.25. The van der Waals surface area contributed by atoms with Crippen molar-refractivity contribution in [1.82, 2.24) is 15.2 Å². The van der Waals surface area contributed by atoms with Gasteiger partial charge in [0.25, 0.3) is 5.91 Å². The van der Waals surface area contributed by atoms with Crippen molar-refractivity contribution in [2.75, 3.05) is 38.2 Å². The number of nitrogens with zero attached hydrogens (tertiary/aromatic N) is 2. The van der Waals surface area contributed by atoms with Gasteiger partial charge in [-0.3, -0.25) is 9.69 Å². The van der Waals surface area contributed by atoms with E-state index in [-0.39, 0.29) is 18.5 Å². The van der Waals surface area contributed by atoms with E-state index in [1.54, 1.807) is 18.3 Å². The Morgan fingerprint density at radius 2 is 2.17 bits per heavy atom. The van der Waals surface area contributed by atoms with Gasteiger partial charge in [0.2, 0.25) is 0 Å². The molecule has 2 atom stereocenters. The van der Waals surface area contributed by atoms with Crippen LogP contribution in [0.5, 0.6) is 0 Å². The Balaban J connectivity index is 1.25. The van der Waals surface area contributed by atoms with Crippen LogP contribution in [0.3, 0.4) is 0 Å². The Kier molecular flexibility index (Phi) is 6.39. The Bertz CT molecular complexity index is 838. The number of fused-ring (bicyclic) bond motifs is 1. The van der Waals surface area contributed by atoms with Crippen molar-refractivity contribution in [3.05, 3.63) is 59.3 Å². The predicted molar refractivity (Wildman–Crippen MR) is 111 cm³/mol. The number of carbonyl (C=O) groups excluding carboxylic acids is 1. The van der Waals surface area contributed by atoms with Gasteiger partial charge in [-0.15, -0.1) is 0 Å². The number of aromatic nitrogens is 1. The third kappa shape index (κ3) is 5.32. The van der Waals surface area contributed by atoms with Crippen molar-refractivity contribution in [2.45, 2.75) is 31.5 Å². The summed E-state index contributed by atoms with van der Waals surface area (Å²) in [6, 6.07) is 12.1. The summed E-state index contributed by atoms with van der Waals surface area (Å²) < 4.78 is 5.35. The second-order valence-corrected chi connectivity index (χ2v) is 7.75. The zero-order valence-electron chi connectivity index (χ0n) is 16.5. The highest BCUT2D eigenvalue weighted by Gasteiger charge is 2.19. The number of aliphatic hydroxyl groups is 1. The van der Waals surface area contributed by atoms with E-state index in [0.29, 0.717) is 24.5 Å². The summed E-state index contributed by atoms with van der Waals surface area (Å²) in [5.41, 5.74) is 3.23. The standard InChI is InChI=1S/C22H28N4O3/c27-20(14-26-9-6-16-3-1-2-4-18(16)13-26)12-24-22(28)17-5-8-23-21(11-17)25-19-7-10-29-15-19/h1-5,8,11,19-20,27H,6-7,9-10,12-15H2,(H,23,25)(H,24,28). The van der Waals surface area contributed by atoms with Crippen LogP contribution in [0.2, 0.25) is 0 Å². The highest BCUT2D eigenvalue weighted by Crippen LogP contribution is 2.18. The molecule has 2 unspecified atom stereocenters. The molecule has 29 heavy (non-hydrogen) atoms. The van der Waals surface area contributed by atoms with E-state index >= 15 is 0 Å². The van der Waals surface area contributed by atoms with E-state index in [0.717, 1.165) is 32.5 Å². The van der Waals surface area contributed by atoms with Crippen LogP contribution in [0.15, 0.2) is 42.6 Å². The number of β-amino-alcohol motifs (C(OH)–C–C–N with tert-alkyl or cyclic N) is 1. The number of ether oxygens (including phenoxy) is 1. The number of anilines is 1. The molecule has 7 nitrogen and oxygen atoms in total. The topological polar surface area (TPSA) is 86.7 Å². The lowest BCUT2D eigenvalue weighted by molar-refractivity contribution is 0.0842. The van der Waals surface area contributed by atoms with Crippen molar-refractivity contribution in [3.8, 4) is 0 Å². The minimum absolute atomic E-state index is 0.207. The van der Waals surface area contributed by atoms with Crippen LogP contribution in [-0.4, -0.2) is 65.9 Å². The third-order valence-electron chi connectivity index (χ3n) is 5.48. The first kappa shape index (κ1) is 19.8. The summed E-state index contributed by atoms with van der Waals surface area (Å²) in [5, 5.41) is 16.5. The predicted octanol–water partition coefficient (Wildman–Crippen LogP) is 1.43. The summed E-state index contributed by atoms with van der Waals surface area (Å²) in [6.07, 6.45) is 2.94. The number of benzene rings is 1. The number of rotatable bonds is 7. The molecule has 0 bridgehead atoms. The van der Waals surface area contributed by atoms with E-state index in [2.05, 4.69) is 44.8 Å². The van der Waals surface area contributed by atoms with E-state index in [4.69, 9.17) is 4.74 Å². The zero-order valence-corrected chi connectivity index (χ0v) is 16.5. The molecule has 0 radical (unpaired) electrons. The Hall–Kier alpha value is -2.48. The molecule has 2 aliphatic heterocycles. The number of hydrogen-bond donors (Lipinski definition) is 3. The molecule has 1 amide bonds. The van der Waals surface area contributed by atoms with Crippen molar-refractivity contribution < 1.29 is 14.6 Å². The maximum absolute atomic E-state index is 12.5. The molecule has 154 valence electrons. The maximum atomic E-state index is 12.5. The van der Waals surface area contributed by atoms with Gasteiger partial charge in [-0.1, -0.05) is 24.3 Å². The van der Waals surface area contributed by atoms with E-state index in [1.807, 2.05) is 0 Å². The molecule has 0 aliphatic carbocycles. The fourth-order valence-electron chi connectivity index (χ4n) is 3.89. The minimum Gasteiger partial charge on any atom is -0.390 e. The first-order chi connectivity index (χ1) is 14.2. The van der Waals surface area contributed by atoms with E-state index in [1.165, 1.54) is 11.1 Å². The molecule has 2 aromatic rings. The van der Waals surface area contributed by atoms with Gasteiger partial charge in [-0.2, -0.15) is 0 Å². The average molecular weight is 396 g/mol. The second-order valence-electron chi connectivity index (χ2n) is 7.75. The summed E-state index contributed by atoms with van der Waals surface area (Å²) in [6.45, 7) is 3.93. The lowest BCUT2D eigenvalue weighted by atomic mass is 10.00. The van der Waals surface area contributed by atoms with Gasteiger partial charge in [-0.25, -0.2) is 4.98 Å². The lowest BCUT2D eigenvalue weighted by Gasteiger charge is -2.30. The van der Waals surface area contributed by atoms with Crippen molar-refractivity contribution >= 4 is 11.7 Å². The molecule has 2 aliphatic rings. The summed E-state index contributed by atoms with van der Waals surface area (Å²) >= 11 is 0. The smallest absolute Gasteiger partial charge is 0.251 e. The number of pyridine rings is 1. The van der Waals surface area contributed by atoms with Gasteiger partial charge < -0.3 is 20.5 Å². The molecular formula is C22H28N4O3. The summed E-state index contributed by atoms with van der Waals surface area (Å²) in [7, 11) is 0. The molecule has 1 saturated heterocycles. The van der Waals surface area contributed by atoms with Gasteiger partial charge in [0, 0.05) is 44.5 Å². The number of carbonyl (C=O) groups is 1. The van der Waals surface area contributed by atoms with Gasteiger partial charge in [0.15, 0.2) is 0 Å². The van der Waals surface area contributed by atoms with E-state index < -0.39 is 6.10 Å². The highest BCUT2D eigenvalue weighted by atomic mass is 16.5. The second kappa shape index (κ2) is 9.35. The Morgan fingerprint density at radius 3 is 3.00 bits per heavy atom. The zero-order chi connectivity index (χ0) is 20.1. The fourth-order valence-corrected chi connectivity index (χ4v) is 3.89. The SMILES string of the molecule is O=C(NCC(O)CN1CCc2ccccc2C1)c1ccnc(NC2CCOC2)c1. The number of aliphatic hydroxyl groups excluding tert-OH is 1. The molecule has 7 heteroatoms. The quantitative estimate of drug-likeness (QED) is 0.656. The normalized spacial score (nSPS) is 20.1. The van der Waals surface area contributed by atoms with Crippen molar-refractivity contribution in [1.29, 1.82) is 0 Å². The van der Waals surface area contributed by atoms with Crippen LogP contribution in [0.25, 0.3) is 0 Å². The summed E-state index contributed by atoms with van der Waals surface area (Å²) in [5.74, 6) is 0.460. The van der Waals surface area contributed by atoms with Crippen molar-refractivity contribution in [3.63, 3.8) is 0 Å². The van der Waals surface area contributed by atoms with Crippen LogP contribution in [0, 0.1) is 0 Å². The number of hydrogen-bond acceptors (Lipinski definition) is 6. The number of amides is 1. The fraction of sp³-hybridized carbons (Fsp3) is 0.455. The van der Waals surface area contributed by atoms with Crippen molar-refractivity contribution in [2.24, 2.45) is 0 Å². The molecule has 0 saturated carbocycles. The first-order valence-corrected chi connectivity index (χ1v) is 10.2. The molecule has 1 aromatic heterocycles. The minimum atomic E-state index is -0.612. The first-order valence-electron chi connectivity index (χ1n) is 10.2. The molecule has 1 aromatic carbocycles. The molecular weight excluding hydrogens is 368 g/mol. The van der Waals surface area contributed by atoms with Gasteiger partial charge in [-0.05, 0) is 36.1 Å². The van der Waals surface area contributed by atoms with E-state index in [9.17, 15) is 9.90 Å². The Labute approximate surface area is 171 Å². The molecule has 3 N–H and O–H groups in total.